The van der Waals surface area contributed by atoms with Crippen molar-refractivity contribution in [1.29, 1.82) is 0 Å². The van der Waals surface area contributed by atoms with Crippen LogP contribution in [0.3, 0.4) is 0 Å². The average molecular weight is 541 g/mol. The number of carbonyl (C=O) groups excluding carboxylic acids is 1. The fourth-order valence-electron chi connectivity index (χ4n) is 5.00. The molecule has 0 saturated carbocycles. The monoisotopic (exact) mass is 540 g/mol. The maximum atomic E-state index is 13.8. The quantitative estimate of drug-likeness (QED) is 0.282. The summed E-state index contributed by atoms with van der Waals surface area (Å²) in [5.41, 5.74) is 6.89. The molecule has 2 N–H and O–H groups in total. The molecule has 188 valence electrons. The molecule has 8 heteroatoms. The fraction of sp³-hybridized carbons (Fsp3) is 0.100. The summed E-state index contributed by atoms with van der Waals surface area (Å²) in [5, 5.41) is 1.19. The maximum Gasteiger partial charge on any atom is 0.323 e. The van der Waals surface area contributed by atoms with Gasteiger partial charge >= 0.3 is 5.69 Å². The molecule has 1 amide bonds. The summed E-state index contributed by atoms with van der Waals surface area (Å²) < 4.78 is 0. The number of H-pyrrole nitrogens is 2. The van der Waals surface area contributed by atoms with Crippen LogP contribution in [0.5, 0.6) is 0 Å². The van der Waals surface area contributed by atoms with Crippen molar-refractivity contribution in [1.82, 2.24) is 9.97 Å². The van der Waals surface area contributed by atoms with Crippen LogP contribution in [0.15, 0.2) is 94.7 Å². The molecule has 1 unspecified atom stereocenters. The summed E-state index contributed by atoms with van der Waals surface area (Å²) in [6.07, 6.45) is 0.389. The largest absolute Gasteiger partial charge is 0.323 e. The third-order valence-electron chi connectivity index (χ3n) is 6.83. The number of fused-ring (bicyclic) bond motifs is 2. The van der Waals surface area contributed by atoms with Gasteiger partial charge in [-0.05, 0) is 59.2 Å². The second-order valence-electron chi connectivity index (χ2n) is 9.26. The molecule has 1 aromatic heterocycles. The number of nitrogens with zero attached hydrogens (tertiary/aromatic N) is 2. The Morgan fingerprint density at radius 1 is 0.789 bits per heavy atom. The summed E-state index contributed by atoms with van der Waals surface area (Å²) >= 11 is 12.7. The second-order valence-corrected chi connectivity index (χ2v) is 10.1. The second kappa shape index (κ2) is 9.63. The van der Waals surface area contributed by atoms with Gasteiger partial charge in [-0.15, -0.1) is 0 Å². The number of aromatic nitrogens is 2. The lowest BCUT2D eigenvalue weighted by molar-refractivity contribution is -0.119. The van der Waals surface area contributed by atoms with Crippen LogP contribution >= 0.6 is 23.2 Å². The minimum atomic E-state index is -0.692. The first kappa shape index (κ1) is 24.2. The normalized spacial score (nSPS) is 15.3. The number of aliphatic imine (C=N–C) groups is 1. The lowest BCUT2D eigenvalue weighted by Crippen LogP contribution is -2.36. The summed E-state index contributed by atoms with van der Waals surface area (Å²) in [5.74, 6) is -0.124. The number of imidazole rings is 1. The smallest absolute Gasteiger partial charge is 0.313 e. The van der Waals surface area contributed by atoms with Crippen molar-refractivity contribution in [3.63, 3.8) is 0 Å². The number of aromatic amines is 2. The molecule has 0 fully saturated rings. The van der Waals surface area contributed by atoms with E-state index in [0.29, 0.717) is 38.9 Å². The number of halogens is 2. The van der Waals surface area contributed by atoms with E-state index >= 15 is 0 Å². The highest BCUT2D eigenvalue weighted by atomic mass is 35.5. The van der Waals surface area contributed by atoms with Gasteiger partial charge in [-0.25, -0.2) is 4.79 Å². The Balaban J connectivity index is 1.51. The SMILES string of the molecule is CN1C(=O)C(Cc2ccccc2-c2cccc(Cl)c2)N=C(c2ccc3[nH]c(=O)[nH]c3c2)c2cc(Cl)ccc21. The number of benzodiazepines with no additional fused rings is 1. The minimum absolute atomic E-state index is 0.124. The maximum absolute atomic E-state index is 13.8. The van der Waals surface area contributed by atoms with Gasteiger partial charge in [0.05, 0.1) is 22.4 Å². The highest BCUT2D eigenvalue weighted by molar-refractivity contribution is 6.32. The highest BCUT2D eigenvalue weighted by Crippen LogP contribution is 2.33. The first-order valence-corrected chi connectivity index (χ1v) is 12.8. The van der Waals surface area contributed by atoms with Crippen LogP contribution in [-0.2, 0) is 11.2 Å². The zero-order chi connectivity index (χ0) is 26.4. The van der Waals surface area contributed by atoms with Gasteiger partial charge in [0.1, 0.15) is 6.04 Å². The van der Waals surface area contributed by atoms with Crippen LogP contribution in [-0.4, -0.2) is 34.7 Å². The van der Waals surface area contributed by atoms with Crippen LogP contribution in [0.2, 0.25) is 10.0 Å². The molecule has 1 aliphatic rings. The molecule has 6 rings (SSSR count). The van der Waals surface area contributed by atoms with Gasteiger partial charge in [-0.3, -0.25) is 9.79 Å². The molecule has 4 aromatic carbocycles. The number of carbonyl (C=O) groups is 1. The summed E-state index contributed by atoms with van der Waals surface area (Å²) in [4.78, 5) is 37.9. The first-order valence-electron chi connectivity index (χ1n) is 12.1. The third-order valence-corrected chi connectivity index (χ3v) is 7.30. The van der Waals surface area contributed by atoms with Crippen molar-refractivity contribution in [2.24, 2.45) is 4.99 Å². The molecule has 5 aromatic rings. The summed E-state index contributed by atoms with van der Waals surface area (Å²) in [7, 11) is 1.76. The Labute approximate surface area is 228 Å². The van der Waals surface area contributed by atoms with E-state index in [9.17, 15) is 9.59 Å². The number of nitrogens with one attached hydrogen (secondary N) is 2. The van der Waals surface area contributed by atoms with Crippen molar-refractivity contribution in [2.75, 3.05) is 11.9 Å². The van der Waals surface area contributed by atoms with E-state index in [0.717, 1.165) is 27.8 Å². The van der Waals surface area contributed by atoms with E-state index in [1.807, 2.05) is 78.9 Å². The summed E-state index contributed by atoms with van der Waals surface area (Å²) in [6.45, 7) is 0. The Hall–Kier alpha value is -4.13. The van der Waals surface area contributed by atoms with Gasteiger partial charge < -0.3 is 14.9 Å². The van der Waals surface area contributed by atoms with Gasteiger partial charge in [0.2, 0.25) is 0 Å². The van der Waals surface area contributed by atoms with E-state index < -0.39 is 6.04 Å². The molecule has 0 aliphatic carbocycles. The molecule has 1 aliphatic heterocycles. The Kier molecular flexibility index (Phi) is 6.14. The number of benzene rings is 4. The van der Waals surface area contributed by atoms with Crippen LogP contribution in [0.1, 0.15) is 16.7 Å². The Morgan fingerprint density at radius 2 is 1.58 bits per heavy atom. The van der Waals surface area contributed by atoms with Gasteiger partial charge in [0, 0.05) is 34.6 Å². The van der Waals surface area contributed by atoms with Crippen molar-refractivity contribution < 1.29 is 4.79 Å². The standard InChI is InChI=1S/C30H22Cl2N4O2/c1-36-27-12-10-21(32)16-23(27)28(19-9-11-24-25(15-19)35-30(38)34-24)33-26(29(36)37)14-18-5-2-3-8-22(18)17-6-4-7-20(31)13-17/h2-13,15-16,26H,14H2,1H3,(H2,34,35,38). The predicted octanol–water partition coefficient (Wildman–Crippen LogP) is 6.26. The number of amides is 1. The number of hydrogen-bond acceptors (Lipinski definition) is 3. The molecule has 0 radical (unpaired) electrons. The molecule has 0 spiro atoms. The van der Waals surface area contributed by atoms with E-state index in [1.54, 1.807) is 18.0 Å². The fourth-order valence-corrected chi connectivity index (χ4v) is 5.36. The topological polar surface area (TPSA) is 81.3 Å². The third kappa shape index (κ3) is 4.42. The Bertz CT molecular complexity index is 1800. The molecule has 0 saturated heterocycles. The Morgan fingerprint density at radius 3 is 2.42 bits per heavy atom. The molecule has 6 nitrogen and oxygen atoms in total. The molecule has 38 heavy (non-hydrogen) atoms. The van der Waals surface area contributed by atoms with E-state index in [4.69, 9.17) is 28.2 Å². The molecular weight excluding hydrogens is 519 g/mol. The zero-order valence-corrected chi connectivity index (χ0v) is 21.8. The number of anilines is 1. The predicted molar refractivity (Wildman–Crippen MR) is 154 cm³/mol. The molecule has 1 atom stereocenters. The van der Waals surface area contributed by atoms with Gasteiger partial charge in [-0.2, -0.15) is 0 Å². The van der Waals surface area contributed by atoms with Crippen molar-refractivity contribution in [3.05, 3.63) is 122 Å². The van der Waals surface area contributed by atoms with Crippen molar-refractivity contribution in [3.8, 4) is 11.1 Å². The molecule has 2 heterocycles. The van der Waals surface area contributed by atoms with Crippen LogP contribution in [0, 0.1) is 0 Å². The van der Waals surface area contributed by atoms with Crippen LogP contribution < -0.4 is 10.6 Å². The number of likely N-dealkylation sites (N-methyl/N-ethyl adjacent to an activating group) is 1. The lowest BCUT2D eigenvalue weighted by Gasteiger charge is -2.21. The summed E-state index contributed by atoms with van der Waals surface area (Å²) in [6, 6.07) is 26.0. The van der Waals surface area contributed by atoms with Crippen molar-refractivity contribution >= 4 is 51.5 Å². The van der Waals surface area contributed by atoms with Crippen LogP contribution in [0.25, 0.3) is 22.2 Å². The van der Waals surface area contributed by atoms with E-state index in [2.05, 4.69) is 9.97 Å². The van der Waals surface area contributed by atoms with Gasteiger partial charge in [-0.1, -0.05) is 65.7 Å². The highest BCUT2D eigenvalue weighted by Gasteiger charge is 2.31. The van der Waals surface area contributed by atoms with Gasteiger partial charge in [0.25, 0.3) is 5.91 Å². The average Bonchev–Trinajstić information content (AvgIpc) is 3.25. The number of rotatable bonds is 4. The first-order chi connectivity index (χ1) is 18.4. The van der Waals surface area contributed by atoms with Crippen LogP contribution in [0.4, 0.5) is 5.69 Å². The van der Waals surface area contributed by atoms with E-state index in [1.165, 1.54) is 0 Å². The minimum Gasteiger partial charge on any atom is -0.313 e. The zero-order valence-electron chi connectivity index (χ0n) is 20.3. The molecule has 0 bridgehead atoms. The van der Waals surface area contributed by atoms with Crippen molar-refractivity contribution in [2.45, 2.75) is 12.5 Å². The number of hydrogen-bond donors (Lipinski definition) is 2. The van der Waals surface area contributed by atoms with Gasteiger partial charge in [0.15, 0.2) is 0 Å². The lowest BCUT2D eigenvalue weighted by atomic mass is 9.94. The molecular formula is C30H22Cl2N4O2. The van der Waals surface area contributed by atoms with E-state index in [-0.39, 0.29) is 11.6 Å².